The Bertz CT molecular complexity index is 388. The topological polar surface area (TPSA) is 83.6 Å². The molecule has 0 saturated carbocycles. The summed E-state index contributed by atoms with van der Waals surface area (Å²) in [7, 11) is 0. The van der Waals surface area contributed by atoms with E-state index in [1.165, 1.54) is 16.7 Å². The fourth-order valence-corrected chi connectivity index (χ4v) is 3.87. The van der Waals surface area contributed by atoms with Crippen molar-refractivity contribution in [1.29, 1.82) is 0 Å². The molecular formula is C9H13ClN2O3S2. The van der Waals surface area contributed by atoms with Crippen molar-refractivity contribution in [2.75, 3.05) is 17.8 Å². The molecule has 5 nitrogen and oxygen atoms in total. The lowest BCUT2D eigenvalue weighted by Gasteiger charge is -2.48. The number of rotatable bonds is 3. The van der Waals surface area contributed by atoms with Gasteiger partial charge in [-0.25, -0.2) is 4.79 Å². The van der Waals surface area contributed by atoms with Gasteiger partial charge in [-0.3, -0.25) is 9.69 Å². The molecule has 0 aromatic heterocycles. The number of carbonyl (C=O) groups is 2. The quantitative estimate of drug-likeness (QED) is 0.731. The number of β-lactam (4-membered cyclic amide) rings is 1. The zero-order valence-electron chi connectivity index (χ0n) is 9.08. The second-order valence-corrected chi connectivity index (χ2v) is 5.60. The summed E-state index contributed by atoms with van der Waals surface area (Å²) in [4.78, 5) is 24.0. The number of nitrogens with zero attached hydrogens (tertiary/aromatic N) is 1. The van der Waals surface area contributed by atoms with Crippen molar-refractivity contribution in [3.63, 3.8) is 0 Å². The maximum Gasteiger partial charge on any atom is 0.352 e. The van der Waals surface area contributed by atoms with E-state index in [2.05, 4.69) is 0 Å². The first-order valence-corrected chi connectivity index (χ1v) is 7.16. The van der Waals surface area contributed by atoms with Crippen molar-refractivity contribution in [3.05, 3.63) is 11.3 Å². The summed E-state index contributed by atoms with van der Waals surface area (Å²) in [5.41, 5.74) is 6.58. The molecule has 96 valence electrons. The number of aliphatic carboxylic acids is 1. The molecule has 0 spiro atoms. The number of halogens is 1. The largest absolute Gasteiger partial charge is 0.477 e. The molecular weight excluding hydrogens is 284 g/mol. The average Bonchev–Trinajstić information content (AvgIpc) is 2.27. The molecule has 17 heavy (non-hydrogen) atoms. The van der Waals surface area contributed by atoms with E-state index in [0.29, 0.717) is 11.5 Å². The Morgan fingerprint density at radius 3 is 2.88 bits per heavy atom. The van der Waals surface area contributed by atoms with Crippen LogP contribution in [0.15, 0.2) is 11.3 Å². The number of hydrogen-bond donors (Lipinski definition) is 2. The summed E-state index contributed by atoms with van der Waals surface area (Å²) in [5, 5.41) is 8.96. The first kappa shape index (κ1) is 14.7. The van der Waals surface area contributed by atoms with Gasteiger partial charge in [0.15, 0.2) is 0 Å². The van der Waals surface area contributed by atoms with E-state index in [0.717, 1.165) is 5.57 Å². The van der Waals surface area contributed by atoms with Crippen molar-refractivity contribution in [2.45, 2.75) is 11.4 Å². The van der Waals surface area contributed by atoms with E-state index >= 15 is 0 Å². The van der Waals surface area contributed by atoms with Gasteiger partial charge in [-0.15, -0.1) is 24.2 Å². The van der Waals surface area contributed by atoms with Crippen LogP contribution in [0, 0.1) is 0 Å². The minimum atomic E-state index is -1.03. The fraction of sp³-hybridized carbons (Fsp3) is 0.556. The number of nitrogens with two attached hydrogens (primary N) is 1. The Morgan fingerprint density at radius 1 is 1.71 bits per heavy atom. The minimum absolute atomic E-state index is 0. The van der Waals surface area contributed by atoms with Gasteiger partial charge in [-0.2, -0.15) is 11.8 Å². The van der Waals surface area contributed by atoms with Crippen LogP contribution in [0.25, 0.3) is 0 Å². The molecule has 0 aliphatic carbocycles. The van der Waals surface area contributed by atoms with Gasteiger partial charge >= 0.3 is 5.97 Å². The maximum atomic E-state index is 11.5. The van der Waals surface area contributed by atoms with Crippen molar-refractivity contribution in [1.82, 2.24) is 4.90 Å². The van der Waals surface area contributed by atoms with Crippen molar-refractivity contribution in [2.24, 2.45) is 5.73 Å². The van der Waals surface area contributed by atoms with E-state index in [9.17, 15) is 9.59 Å². The normalized spacial score (nSPS) is 27.2. The number of carbonyl (C=O) groups excluding carboxylic acids is 1. The molecule has 2 atom stereocenters. The summed E-state index contributed by atoms with van der Waals surface area (Å²) in [5.74, 6) is -0.0341. The lowest BCUT2D eigenvalue weighted by Crippen LogP contribution is -2.68. The van der Waals surface area contributed by atoms with Crippen LogP contribution >= 0.6 is 35.9 Å². The number of carboxylic acids is 1. The van der Waals surface area contributed by atoms with Crippen LogP contribution in [-0.4, -0.2) is 51.1 Å². The predicted octanol–water partition coefficient (Wildman–Crippen LogP) is 0.352. The molecule has 0 bridgehead atoms. The predicted molar refractivity (Wildman–Crippen MR) is 71.4 cm³/mol. The Morgan fingerprint density at radius 2 is 2.35 bits per heavy atom. The smallest absolute Gasteiger partial charge is 0.352 e. The number of hydrogen-bond acceptors (Lipinski definition) is 5. The van der Waals surface area contributed by atoms with Gasteiger partial charge in [0.1, 0.15) is 17.1 Å². The minimum Gasteiger partial charge on any atom is -0.477 e. The zero-order valence-corrected chi connectivity index (χ0v) is 11.5. The van der Waals surface area contributed by atoms with Gasteiger partial charge < -0.3 is 10.8 Å². The molecule has 0 aromatic carbocycles. The molecule has 2 aliphatic heterocycles. The van der Waals surface area contributed by atoms with Crippen LogP contribution in [0.5, 0.6) is 0 Å². The zero-order chi connectivity index (χ0) is 11.9. The van der Waals surface area contributed by atoms with Crippen LogP contribution in [-0.2, 0) is 9.59 Å². The van der Waals surface area contributed by atoms with Crippen LogP contribution < -0.4 is 5.73 Å². The van der Waals surface area contributed by atoms with E-state index in [4.69, 9.17) is 10.8 Å². The van der Waals surface area contributed by atoms with Crippen LogP contribution in [0.3, 0.4) is 0 Å². The van der Waals surface area contributed by atoms with Gasteiger partial charge in [0.2, 0.25) is 5.91 Å². The molecule has 0 unspecified atom stereocenters. The Kier molecular flexibility index (Phi) is 4.77. The van der Waals surface area contributed by atoms with Gasteiger partial charge in [-0.05, 0) is 11.8 Å². The third-order valence-electron chi connectivity index (χ3n) is 2.61. The van der Waals surface area contributed by atoms with Crippen LogP contribution in [0.2, 0.25) is 0 Å². The van der Waals surface area contributed by atoms with Crippen LogP contribution in [0.4, 0.5) is 0 Å². The molecule has 2 heterocycles. The molecule has 2 aliphatic rings. The molecule has 0 aromatic rings. The summed E-state index contributed by atoms with van der Waals surface area (Å²) < 4.78 is 0. The van der Waals surface area contributed by atoms with Gasteiger partial charge in [0.05, 0.1) is 0 Å². The molecule has 8 heteroatoms. The Hall–Kier alpha value is -0.370. The second kappa shape index (κ2) is 5.51. The SMILES string of the molecule is CSCC1=C(C(=O)O)N2C(=O)[C@@H](N)[C@H]2SC1.Cl. The third kappa shape index (κ3) is 2.29. The Labute approximate surface area is 114 Å². The number of carboxylic acid groups (broad SMARTS) is 1. The molecule has 1 amide bonds. The summed E-state index contributed by atoms with van der Waals surface area (Å²) in [6, 6.07) is -0.546. The highest BCUT2D eigenvalue weighted by Crippen LogP contribution is 2.39. The third-order valence-corrected chi connectivity index (χ3v) is 4.61. The molecule has 0 radical (unpaired) electrons. The summed E-state index contributed by atoms with van der Waals surface area (Å²) >= 11 is 3.09. The van der Waals surface area contributed by atoms with Gasteiger partial charge in [-0.1, -0.05) is 0 Å². The first-order chi connectivity index (χ1) is 7.57. The second-order valence-electron chi connectivity index (χ2n) is 3.63. The van der Waals surface area contributed by atoms with E-state index in [1.54, 1.807) is 11.8 Å². The number of thioether (sulfide) groups is 2. The standard InChI is InChI=1S/C9H12N2O3S2.ClH/c1-15-2-4-3-16-8-5(10)7(12)11(8)6(4)9(13)14;/h5,8H,2-3,10H2,1H3,(H,13,14);1H/t5-,8-;/m1./s1. The monoisotopic (exact) mass is 296 g/mol. The molecule has 1 fully saturated rings. The van der Waals surface area contributed by atoms with Crippen molar-refractivity contribution < 1.29 is 14.7 Å². The van der Waals surface area contributed by atoms with Crippen molar-refractivity contribution in [3.8, 4) is 0 Å². The summed E-state index contributed by atoms with van der Waals surface area (Å²) in [6.07, 6.45) is 1.91. The lowest BCUT2D eigenvalue weighted by molar-refractivity contribution is -0.147. The van der Waals surface area contributed by atoms with E-state index in [-0.39, 0.29) is 29.4 Å². The number of fused-ring (bicyclic) bond motifs is 1. The van der Waals surface area contributed by atoms with Gasteiger partial charge in [0, 0.05) is 11.5 Å². The molecule has 2 rings (SSSR count). The lowest BCUT2D eigenvalue weighted by atomic mass is 10.0. The highest BCUT2D eigenvalue weighted by atomic mass is 35.5. The number of amides is 1. The first-order valence-electron chi connectivity index (χ1n) is 4.72. The molecule has 3 N–H and O–H groups in total. The van der Waals surface area contributed by atoms with Crippen molar-refractivity contribution >= 4 is 47.8 Å². The average molecular weight is 297 g/mol. The summed E-state index contributed by atoms with van der Waals surface area (Å²) in [6.45, 7) is 0. The fourth-order valence-electron chi connectivity index (χ4n) is 1.87. The maximum absolute atomic E-state index is 11.5. The Balaban J connectivity index is 0.00000144. The molecule has 1 saturated heterocycles. The highest BCUT2D eigenvalue weighted by molar-refractivity contribution is 8.00. The van der Waals surface area contributed by atoms with Gasteiger partial charge in [0.25, 0.3) is 0 Å². The van der Waals surface area contributed by atoms with Crippen LogP contribution in [0.1, 0.15) is 0 Å². The highest BCUT2D eigenvalue weighted by Gasteiger charge is 2.51. The van der Waals surface area contributed by atoms with E-state index < -0.39 is 12.0 Å². The van der Waals surface area contributed by atoms with E-state index in [1.807, 2.05) is 6.26 Å².